The van der Waals surface area contributed by atoms with E-state index in [0.717, 1.165) is 27.8 Å². The molecule has 9 heteroatoms. The summed E-state index contributed by atoms with van der Waals surface area (Å²) in [6.07, 6.45) is 2.56. The lowest BCUT2D eigenvalue weighted by atomic mass is 9.95. The van der Waals surface area contributed by atoms with E-state index in [1.54, 1.807) is 31.3 Å². The SMILES string of the molecule is Cc1cncc(-n2c(=O)c(Cc3cc(F)c(F)c(F)c3)c(-c3ccc(C)c(C)c3)n(C(C)(C)C#N)c2=O)c1. The molecular formula is C29H25F3N4O2. The van der Waals surface area contributed by atoms with Gasteiger partial charge in [0.15, 0.2) is 17.5 Å². The van der Waals surface area contributed by atoms with Gasteiger partial charge in [-0.1, -0.05) is 12.1 Å². The van der Waals surface area contributed by atoms with E-state index in [9.17, 15) is 28.0 Å². The summed E-state index contributed by atoms with van der Waals surface area (Å²) in [5.74, 6) is -4.43. The number of rotatable bonds is 5. The van der Waals surface area contributed by atoms with Gasteiger partial charge in [0.2, 0.25) is 0 Å². The Morgan fingerprint density at radius 3 is 2.18 bits per heavy atom. The molecule has 0 saturated heterocycles. The molecule has 6 nitrogen and oxygen atoms in total. The first-order chi connectivity index (χ1) is 17.9. The summed E-state index contributed by atoms with van der Waals surface area (Å²) in [5.41, 5.74) is 0.322. The number of aromatic nitrogens is 3. The van der Waals surface area contributed by atoms with Crippen LogP contribution in [-0.2, 0) is 12.0 Å². The molecular weight excluding hydrogens is 493 g/mol. The average molecular weight is 519 g/mol. The summed E-state index contributed by atoms with van der Waals surface area (Å²) >= 11 is 0. The van der Waals surface area contributed by atoms with E-state index in [0.29, 0.717) is 11.1 Å². The second-order valence-electron chi connectivity index (χ2n) is 9.83. The van der Waals surface area contributed by atoms with Crippen LogP contribution in [0, 0.1) is 49.6 Å². The molecule has 2 aromatic carbocycles. The lowest BCUT2D eigenvalue weighted by Gasteiger charge is -2.27. The van der Waals surface area contributed by atoms with Crippen LogP contribution >= 0.6 is 0 Å². The molecule has 4 rings (SSSR count). The first-order valence-corrected chi connectivity index (χ1v) is 11.8. The van der Waals surface area contributed by atoms with Crippen LogP contribution in [-0.4, -0.2) is 14.1 Å². The molecule has 0 aliphatic heterocycles. The number of hydrogen-bond donors (Lipinski definition) is 0. The minimum Gasteiger partial charge on any atom is -0.274 e. The summed E-state index contributed by atoms with van der Waals surface area (Å²) in [7, 11) is 0. The van der Waals surface area contributed by atoms with Gasteiger partial charge in [0.1, 0.15) is 5.54 Å². The minimum absolute atomic E-state index is 0.00286. The summed E-state index contributed by atoms with van der Waals surface area (Å²) < 4.78 is 44.1. The van der Waals surface area contributed by atoms with Crippen LogP contribution in [0.3, 0.4) is 0 Å². The zero-order valence-corrected chi connectivity index (χ0v) is 21.6. The Balaban J connectivity index is 2.20. The standard InChI is InChI=1S/C29H25F3N4O2/c1-16-8-21(14-34-13-16)35-27(37)22(10-19-11-23(30)25(32)24(31)12-19)26(20-7-6-17(2)18(3)9-20)36(28(35)38)29(4,5)15-33/h6-9,11-14H,10H2,1-5H3. The van der Waals surface area contributed by atoms with Crippen molar-refractivity contribution in [2.24, 2.45) is 0 Å². The van der Waals surface area contributed by atoms with Crippen LogP contribution in [0.1, 0.15) is 41.7 Å². The van der Waals surface area contributed by atoms with Gasteiger partial charge in [-0.05, 0) is 86.7 Å². The zero-order chi connectivity index (χ0) is 27.9. The van der Waals surface area contributed by atoms with E-state index >= 15 is 0 Å². The van der Waals surface area contributed by atoms with Gasteiger partial charge in [-0.25, -0.2) is 22.5 Å². The van der Waals surface area contributed by atoms with Crippen molar-refractivity contribution < 1.29 is 13.2 Å². The summed E-state index contributed by atoms with van der Waals surface area (Å²) in [6, 6.07) is 10.6. The Labute approximate surface area is 217 Å². The molecule has 0 radical (unpaired) electrons. The lowest BCUT2D eigenvalue weighted by molar-refractivity contribution is 0.437. The number of hydrogen-bond acceptors (Lipinski definition) is 4. The smallest absolute Gasteiger partial charge is 0.274 e. The number of nitrogens with zero attached hydrogens (tertiary/aromatic N) is 4. The largest absolute Gasteiger partial charge is 0.337 e. The summed E-state index contributed by atoms with van der Waals surface area (Å²) in [5, 5.41) is 10.1. The zero-order valence-electron chi connectivity index (χ0n) is 21.6. The molecule has 38 heavy (non-hydrogen) atoms. The Morgan fingerprint density at radius 1 is 0.947 bits per heavy atom. The van der Waals surface area contributed by atoms with Crippen molar-refractivity contribution in [3.63, 3.8) is 0 Å². The Morgan fingerprint density at radius 2 is 1.61 bits per heavy atom. The molecule has 0 atom stereocenters. The van der Waals surface area contributed by atoms with Crippen molar-refractivity contribution in [3.05, 3.63) is 115 Å². The van der Waals surface area contributed by atoms with Gasteiger partial charge in [-0.2, -0.15) is 5.26 Å². The van der Waals surface area contributed by atoms with E-state index in [4.69, 9.17) is 0 Å². The molecule has 0 N–H and O–H groups in total. The highest BCUT2D eigenvalue weighted by Gasteiger charge is 2.31. The predicted octanol–water partition coefficient (Wildman–Crippen LogP) is 5.25. The maximum atomic E-state index is 14.1. The molecule has 0 saturated carbocycles. The Hall–Kier alpha value is -4.45. The molecule has 0 aliphatic rings. The van der Waals surface area contributed by atoms with Crippen molar-refractivity contribution >= 4 is 0 Å². The van der Waals surface area contributed by atoms with Gasteiger partial charge in [0.25, 0.3) is 5.56 Å². The highest BCUT2D eigenvalue weighted by atomic mass is 19.2. The Kier molecular flexibility index (Phi) is 6.85. The second-order valence-corrected chi connectivity index (χ2v) is 9.83. The maximum absolute atomic E-state index is 14.1. The van der Waals surface area contributed by atoms with Crippen molar-refractivity contribution in [1.82, 2.24) is 14.1 Å². The average Bonchev–Trinajstić information content (AvgIpc) is 2.85. The summed E-state index contributed by atoms with van der Waals surface area (Å²) in [6.45, 7) is 8.57. The molecule has 0 aliphatic carbocycles. The quantitative estimate of drug-likeness (QED) is 0.338. The van der Waals surface area contributed by atoms with Crippen LogP contribution in [0.25, 0.3) is 16.9 Å². The molecule has 2 aromatic heterocycles. The van der Waals surface area contributed by atoms with Crippen molar-refractivity contribution in [3.8, 4) is 23.0 Å². The predicted molar refractivity (Wildman–Crippen MR) is 138 cm³/mol. The number of benzene rings is 2. The third-order valence-electron chi connectivity index (χ3n) is 6.51. The van der Waals surface area contributed by atoms with E-state index in [1.807, 2.05) is 19.9 Å². The van der Waals surface area contributed by atoms with Crippen LogP contribution in [0.5, 0.6) is 0 Å². The molecule has 4 aromatic rings. The minimum atomic E-state index is -1.62. The number of nitriles is 1. The van der Waals surface area contributed by atoms with Gasteiger partial charge in [-0.3, -0.25) is 14.3 Å². The first kappa shape index (κ1) is 26.6. The van der Waals surface area contributed by atoms with Crippen LogP contribution in [0.2, 0.25) is 0 Å². The number of pyridine rings is 1. The van der Waals surface area contributed by atoms with E-state index < -0.39 is 34.2 Å². The lowest BCUT2D eigenvalue weighted by Crippen LogP contribution is -2.47. The van der Waals surface area contributed by atoms with E-state index in [1.165, 1.54) is 24.6 Å². The van der Waals surface area contributed by atoms with Gasteiger partial charge < -0.3 is 0 Å². The van der Waals surface area contributed by atoms with Crippen LogP contribution in [0.15, 0.2) is 58.4 Å². The van der Waals surface area contributed by atoms with Gasteiger partial charge in [0, 0.05) is 18.2 Å². The topological polar surface area (TPSA) is 80.7 Å². The number of halogens is 3. The maximum Gasteiger partial charge on any atom is 0.337 e. The fourth-order valence-corrected chi connectivity index (χ4v) is 4.38. The molecule has 0 fully saturated rings. The van der Waals surface area contributed by atoms with Gasteiger partial charge >= 0.3 is 5.69 Å². The van der Waals surface area contributed by atoms with Crippen LogP contribution < -0.4 is 11.2 Å². The second kappa shape index (κ2) is 9.78. The normalized spacial score (nSPS) is 11.4. The van der Waals surface area contributed by atoms with Crippen molar-refractivity contribution in [1.29, 1.82) is 5.26 Å². The first-order valence-electron chi connectivity index (χ1n) is 11.8. The Bertz CT molecular complexity index is 1720. The highest BCUT2D eigenvalue weighted by Crippen LogP contribution is 2.30. The third-order valence-corrected chi connectivity index (χ3v) is 6.51. The fraction of sp³-hybridized carbons (Fsp3) is 0.241. The molecule has 0 amide bonds. The van der Waals surface area contributed by atoms with Crippen molar-refractivity contribution in [2.75, 3.05) is 0 Å². The number of aryl methyl sites for hydroxylation is 3. The summed E-state index contributed by atoms with van der Waals surface area (Å²) in [4.78, 5) is 32.1. The molecule has 0 bridgehead atoms. The van der Waals surface area contributed by atoms with E-state index in [2.05, 4.69) is 11.1 Å². The molecule has 0 spiro atoms. The molecule has 0 unspecified atom stereocenters. The molecule has 2 heterocycles. The fourth-order valence-electron chi connectivity index (χ4n) is 4.38. The highest BCUT2D eigenvalue weighted by molar-refractivity contribution is 5.66. The van der Waals surface area contributed by atoms with Crippen LogP contribution in [0.4, 0.5) is 13.2 Å². The van der Waals surface area contributed by atoms with E-state index in [-0.39, 0.29) is 28.9 Å². The third kappa shape index (κ3) is 4.65. The van der Waals surface area contributed by atoms with Gasteiger partial charge in [0.05, 0.1) is 23.6 Å². The molecule has 194 valence electrons. The van der Waals surface area contributed by atoms with Gasteiger partial charge in [-0.15, -0.1) is 0 Å². The monoisotopic (exact) mass is 518 g/mol. The van der Waals surface area contributed by atoms with Crippen molar-refractivity contribution in [2.45, 2.75) is 46.6 Å².